The lowest BCUT2D eigenvalue weighted by molar-refractivity contribution is -0.130. The number of carbonyl (C=O) groups excluding carboxylic acids is 2. The van der Waals surface area contributed by atoms with E-state index in [1.807, 2.05) is 83.4 Å². The first-order valence-electron chi connectivity index (χ1n) is 15.6. The van der Waals surface area contributed by atoms with Crippen molar-refractivity contribution in [2.75, 3.05) is 27.1 Å². The number of thioether (sulfide) groups is 1. The zero-order chi connectivity index (χ0) is 34.2. The quantitative estimate of drug-likeness (QED) is 0.157. The van der Waals surface area contributed by atoms with Gasteiger partial charge in [-0.25, -0.2) is 5.01 Å². The molecule has 250 valence electrons. The van der Waals surface area contributed by atoms with Crippen LogP contribution in [0.1, 0.15) is 45.3 Å². The molecule has 0 bridgehead atoms. The number of nitrogens with one attached hydrogen (secondary N) is 1. The van der Waals surface area contributed by atoms with Crippen LogP contribution < -0.4 is 19.5 Å². The number of hydrogen-bond acceptors (Lipinski definition) is 9. The van der Waals surface area contributed by atoms with Gasteiger partial charge in [0.25, 0.3) is 11.8 Å². The minimum Gasteiger partial charge on any atom is -0.497 e. The third-order valence-corrected chi connectivity index (χ3v) is 9.10. The van der Waals surface area contributed by atoms with Gasteiger partial charge in [0.2, 0.25) is 0 Å². The standard InChI is InChI=1S/C37H36N6O5S/c1-46-29-15-9-26(10-16-29)32-21-33(27-11-17-30(47-2)18-12-27)43(41-32)35(44)24-49-37-40-39-34(42(37)23-25-7-5-4-6-8-25)22-38-36(45)28-13-19-31(48-3)20-14-28/h4-20,33H,21-24H2,1-3H3,(H,38,45)/t33-/m0/s1. The van der Waals surface area contributed by atoms with Crippen LogP contribution in [0.2, 0.25) is 0 Å². The van der Waals surface area contributed by atoms with Crippen molar-refractivity contribution in [1.29, 1.82) is 0 Å². The van der Waals surface area contributed by atoms with Crippen molar-refractivity contribution in [2.24, 2.45) is 5.10 Å². The van der Waals surface area contributed by atoms with E-state index in [4.69, 9.17) is 19.3 Å². The summed E-state index contributed by atoms with van der Waals surface area (Å²) in [4.78, 5) is 26.8. The van der Waals surface area contributed by atoms with E-state index >= 15 is 0 Å². The summed E-state index contributed by atoms with van der Waals surface area (Å²) < 4.78 is 17.8. The normalized spacial score (nSPS) is 13.9. The van der Waals surface area contributed by atoms with Crippen molar-refractivity contribution in [3.05, 3.63) is 131 Å². The summed E-state index contributed by atoms with van der Waals surface area (Å²) in [6, 6.07) is 31.9. The Hall–Kier alpha value is -5.62. The van der Waals surface area contributed by atoms with Gasteiger partial charge in [0.05, 0.1) is 51.9 Å². The molecule has 1 aliphatic heterocycles. The molecule has 49 heavy (non-hydrogen) atoms. The van der Waals surface area contributed by atoms with E-state index < -0.39 is 0 Å². The predicted molar refractivity (Wildman–Crippen MR) is 187 cm³/mol. The molecular weight excluding hydrogens is 641 g/mol. The van der Waals surface area contributed by atoms with Gasteiger partial charge >= 0.3 is 0 Å². The molecule has 1 N–H and O–H groups in total. The van der Waals surface area contributed by atoms with Gasteiger partial charge in [-0.3, -0.25) is 9.59 Å². The van der Waals surface area contributed by atoms with Gasteiger partial charge in [0.15, 0.2) is 11.0 Å². The van der Waals surface area contributed by atoms with E-state index in [2.05, 4.69) is 15.5 Å². The maximum absolute atomic E-state index is 13.9. The third-order valence-electron chi connectivity index (χ3n) is 8.15. The molecule has 2 amide bonds. The van der Waals surface area contributed by atoms with Crippen molar-refractivity contribution in [3.8, 4) is 17.2 Å². The van der Waals surface area contributed by atoms with Gasteiger partial charge in [0, 0.05) is 12.0 Å². The van der Waals surface area contributed by atoms with E-state index in [9.17, 15) is 9.59 Å². The first-order valence-corrected chi connectivity index (χ1v) is 16.6. The topological polar surface area (TPSA) is 120 Å². The fraction of sp³-hybridized carbons (Fsp3) is 0.216. The number of benzene rings is 4. The molecule has 0 saturated heterocycles. The molecule has 0 radical (unpaired) electrons. The lowest BCUT2D eigenvalue weighted by Crippen LogP contribution is -2.28. The zero-order valence-electron chi connectivity index (χ0n) is 27.4. The highest BCUT2D eigenvalue weighted by Crippen LogP contribution is 2.35. The van der Waals surface area contributed by atoms with E-state index in [1.54, 1.807) is 50.6 Å². The molecule has 6 rings (SSSR count). The Labute approximate surface area is 288 Å². The second kappa shape index (κ2) is 15.5. The number of ether oxygens (including phenoxy) is 3. The Morgan fingerprint density at radius 3 is 2.04 bits per heavy atom. The summed E-state index contributed by atoms with van der Waals surface area (Å²) in [5.41, 5.74) is 4.22. The van der Waals surface area contributed by atoms with Gasteiger partial charge in [-0.05, 0) is 77.4 Å². The Bertz CT molecular complexity index is 1910. The average molecular weight is 677 g/mol. The number of hydrogen-bond donors (Lipinski definition) is 1. The molecule has 0 saturated carbocycles. The van der Waals surface area contributed by atoms with E-state index in [-0.39, 0.29) is 30.2 Å². The number of carbonyl (C=O) groups is 2. The molecule has 1 aliphatic rings. The van der Waals surface area contributed by atoms with Crippen molar-refractivity contribution in [3.63, 3.8) is 0 Å². The van der Waals surface area contributed by atoms with Crippen molar-refractivity contribution < 1.29 is 23.8 Å². The van der Waals surface area contributed by atoms with Crippen molar-refractivity contribution in [2.45, 2.75) is 30.7 Å². The van der Waals surface area contributed by atoms with Gasteiger partial charge in [-0.1, -0.05) is 54.2 Å². The second-order valence-electron chi connectivity index (χ2n) is 11.2. The highest BCUT2D eigenvalue weighted by atomic mass is 32.2. The minimum absolute atomic E-state index is 0.0805. The molecule has 5 aromatic rings. The Morgan fingerprint density at radius 1 is 0.796 bits per heavy atom. The van der Waals surface area contributed by atoms with Gasteiger partial charge < -0.3 is 24.1 Å². The summed E-state index contributed by atoms with van der Waals surface area (Å²) in [7, 11) is 4.83. The molecule has 2 heterocycles. The Balaban J connectivity index is 1.21. The molecule has 4 aromatic carbocycles. The molecule has 0 spiro atoms. The lowest BCUT2D eigenvalue weighted by Gasteiger charge is -2.22. The van der Waals surface area contributed by atoms with Crippen LogP contribution >= 0.6 is 11.8 Å². The van der Waals surface area contributed by atoms with Crippen molar-refractivity contribution >= 4 is 29.3 Å². The molecule has 11 nitrogen and oxygen atoms in total. The number of hydrazone groups is 1. The molecule has 0 fully saturated rings. The van der Waals surface area contributed by atoms with Gasteiger partial charge in [0.1, 0.15) is 17.2 Å². The summed E-state index contributed by atoms with van der Waals surface area (Å²) in [6.45, 7) is 0.621. The monoisotopic (exact) mass is 676 g/mol. The average Bonchev–Trinajstić information content (AvgIpc) is 3.78. The van der Waals surface area contributed by atoms with E-state index in [0.29, 0.717) is 35.3 Å². The minimum atomic E-state index is -0.290. The molecule has 1 atom stereocenters. The number of nitrogens with zero attached hydrogens (tertiary/aromatic N) is 5. The molecule has 1 aromatic heterocycles. The summed E-state index contributed by atoms with van der Waals surface area (Å²) in [5.74, 6) is 2.39. The first-order chi connectivity index (χ1) is 23.9. The fourth-order valence-electron chi connectivity index (χ4n) is 5.46. The van der Waals surface area contributed by atoms with Crippen LogP contribution in [-0.2, 0) is 17.9 Å². The first kappa shape index (κ1) is 33.3. The van der Waals surface area contributed by atoms with E-state index in [1.165, 1.54) is 11.8 Å². The Kier molecular flexibility index (Phi) is 10.5. The lowest BCUT2D eigenvalue weighted by atomic mass is 9.98. The fourth-order valence-corrected chi connectivity index (χ4v) is 6.27. The number of aromatic nitrogens is 3. The number of methoxy groups -OCH3 is 3. The summed E-state index contributed by atoms with van der Waals surface area (Å²) in [5, 5.41) is 18.7. The predicted octanol–water partition coefficient (Wildman–Crippen LogP) is 5.75. The molecule has 0 aliphatic carbocycles. The van der Waals surface area contributed by atoms with Gasteiger partial charge in [-0.15, -0.1) is 10.2 Å². The van der Waals surface area contributed by atoms with Crippen LogP contribution in [0, 0.1) is 0 Å². The van der Waals surface area contributed by atoms with E-state index in [0.717, 1.165) is 33.9 Å². The highest BCUT2D eigenvalue weighted by Gasteiger charge is 2.33. The number of rotatable bonds is 13. The van der Waals surface area contributed by atoms with Crippen molar-refractivity contribution in [1.82, 2.24) is 25.1 Å². The SMILES string of the molecule is COc1ccc(C(=O)NCc2nnc(SCC(=O)N3N=C(c4ccc(OC)cc4)C[C@H]3c3ccc(OC)cc3)n2Cc2ccccc2)cc1. The van der Waals surface area contributed by atoms with Crippen LogP contribution in [-0.4, -0.2) is 64.4 Å². The zero-order valence-corrected chi connectivity index (χ0v) is 28.2. The molecular formula is C37H36N6O5S. The maximum atomic E-state index is 13.9. The molecule has 0 unspecified atom stereocenters. The third kappa shape index (κ3) is 7.92. The Morgan fingerprint density at radius 2 is 1.41 bits per heavy atom. The number of amides is 2. The highest BCUT2D eigenvalue weighted by molar-refractivity contribution is 7.99. The second-order valence-corrected chi connectivity index (χ2v) is 12.1. The smallest absolute Gasteiger partial charge is 0.253 e. The van der Waals surface area contributed by atoms with Crippen LogP contribution in [0.5, 0.6) is 17.2 Å². The summed E-state index contributed by atoms with van der Waals surface area (Å²) >= 11 is 1.29. The van der Waals surface area contributed by atoms with Crippen LogP contribution in [0.15, 0.2) is 113 Å². The van der Waals surface area contributed by atoms with Gasteiger partial charge in [-0.2, -0.15) is 5.10 Å². The van der Waals surface area contributed by atoms with Crippen LogP contribution in [0.4, 0.5) is 0 Å². The largest absolute Gasteiger partial charge is 0.497 e. The maximum Gasteiger partial charge on any atom is 0.253 e. The summed E-state index contributed by atoms with van der Waals surface area (Å²) in [6.07, 6.45) is 0.553. The van der Waals surface area contributed by atoms with Crippen LogP contribution in [0.25, 0.3) is 0 Å². The van der Waals surface area contributed by atoms with Crippen LogP contribution in [0.3, 0.4) is 0 Å². The molecule has 12 heteroatoms.